The summed E-state index contributed by atoms with van der Waals surface area (Å²) in [6, 6.07) is 17.1. The van der Waals surface area contributed by atoms with Crippen LogP contribution in [0.1, 0.15) is 52.9 Å². The van der Waals surface area contributed by atoms with E-state index in [1.165, 1.54) is 0 Å². The van der Waals surface area contributed by atoms with E-state index in [2.05, 4.69) is 9.88 Å². The average molecular weight is 527 g/mol. The second-order valence-corrected chi connectivity index (χ2v) is 10.1. The summed E-state index contributed by atoms with van der Waals surface area (Å²) in [4.78, 5) is 38.7. The van der Waals surface area contributed by atoms with Crippen LogP contribution in [0.4, 0.5) is 5.82 Å². The Labute approximate surface area is 229 Å². The van der Waals surface area contributed by atoms with Crippen molar-refractivity contribution in [3.8, 4) is 11.5 Å². The van der Waals surface area contributed by atoms with Crippen LogP contribution in [0.2, 0.25) is 0 Å². The molecule has 8 nitrogen and oxygen atoms in total. The van der Waals surface area contributed by atoms with Crippen LogP contribution in [0, 0.1) is 0 Å². The molecule has 4 heterocycles. The molecule has 0 saturated carbocycles. The van der Waals surface area contributed by atoms with Gasteiger partial charge >= 0.3 is 0 Å². The summed E-state index contributed by atoms with van der Waals surface area (Å²) in [7, 11) is 0. The van der Waals surface area contributed by atoms with Gasteiger partial charge in [0.2, 0.25) is 5.91 Å². The number of piperazine rings is 1. The third-order valence-corrected chi connectivity index (χ3v) is 8.02. The third kappa shape index (κ3) is 4.47. The number of carbonyl (C=O) groups excluding carboxylic acids is 2. The molecule has 3 aliphatic rings. The van der Waals surface area contributed by atoms with E-state index in [9.17, 15) is 9.59 Å². The molecule has 202 valence electrons. The molecule has 0 radical (unpaired) electrons. The van der Waals surface area contributed by atoms with Crippen molar-refractivity contribution in [2.75, 3.05) is 50.8 Å². The Bertz CT molecular complexity index is 1370. The van der Waals surface area contributed by atoms with Crippen LogP contribution in [0.5, 0.6) is 11.5 Å². The summed E-state index contributed by atoms with van der Waals surface area (Å²) in [5, 5.41) is 0. The Kier molecular flexibility index (Phi) is 6.85. The molecule has 2 aromatic carbocycles. The number of pyridine rings is 1. The molecule has 2 unspecified atom stereocenters. The van der Waals surface area contributed by atoms with E-state index >= 15 is 0 Å². The number of hydrogen-bond acceptors (Lipinski definition) is 6. The molecule has 39 heavy (non-hydrogen) atoms. The van der Waals surface area contributed by atoms with Crippen molar-refractivity contribution in [2.24, 2.45) is 0 Å². The number of carbonyl (C=O) groups is 2. The zero-order chi connectivity index (χ0) is 26.9. The Morgan fingerprint density at radius 3 is 2.33 bits per heavy atom. The fourth-order valence-corrected chi connectivity index (χ4v) is 6.23. The summed E-state index contributed by atoms with van der Waals surface area (Å²) >= 11 is 0. The van der Waals surface area contributed by atoms with Gasteiger partial charge in [-0.2, -0.15) is 0 Å². The minimum Gasteiger partial charge on any atom is -0.490 e. The zero-order valence-corrected chi connectivity index (χ0v) is 22.5. The number of nitrogens with zero attached hydrogens (tertiary/aromatic N) is 4. The van der Waals surface area contributed by atoms with Gasteiger partial charge in [-0.05, 0) is 67.3 Å². The minimum atomic E-state index is -0.494. The monoisotopic (exact) mass is 526 g/mol. The van der Waals surface area contributed by atoms with Gasteiger partial charge in [-0.15, -0.1) is 0 Å². The van der Waals surface area contributed by atoms with Crippen LogP contribution in [-0.2, 0) is 11.2 Å². The van der Waals surface area contributed by atoms with Crippen molar-refractivity contribution in [3.63, 3.8) is 0 Å². The second kappa shape index (κ2) is 10.6. The van der Waals surface area contributed by atoms with Gasteiger partial charge in [0.15, 0.2) is 11.5 Å². The Balaban J connectivity index is 1.38. The molecule has 6 rings (SSSR count). The van der Waals surface area contributed by atoms with Gasteiger partial charge in [-0.1, -0.05) is 24.3 Å². The van der Waals surface area contributed by atoms with Gasteiger partial charge in [-0.3, -0.25) is 9.59 Å². The molecular formula is C31H34N4O4. The van der Waals surface area contributed by atoms with E-state index in [1.54, 1.807) is 6.20 Å². The second-order valence-electron chi connectivity index (χ2n) is 10.1. The highest BCUT2D eigenvalue weighted by Crippen LogP contribution is 2.49. The predicted octanol–water partition coefficient (Wildman–Crippen LogP) is 4.06. The van der Waals surface area contributed by atoms with Crippen LogP contribution < -0.4 is 14.4 Å². The maximum Gasteiger partial charge on any atom is 0.254 e. The molecule has 0 spiro atoms. The summed E-state index contributed by atoms with van der Waals surface area (Å²) in [5.74, 6) is 1.84. The lowest BCUT2D eigenvalue weighted by molar-refractivity contribution is -0.135. The molecule has 1 fully saturated rings. The van der Waals surface area contributed by atoms with Crippen molar-refractivity contribution in [1.82, 2.24) is 14.8 Å². The predicted molar refractivity (Wildman–Crippen MR) is 148 cm³/mol. The van der Waals surface area contributed by atoms with Crippen LogP contribution in [-0.4, -0.2) is 72.5 Å². The van der Waals surface area contributed by atoms with E-state index in [0.717, 1.165) is 22.5 Å². The molecular weight excluding hydrogens is 492 g/mol. The molecule has 3 aromatic rings. The van der Waals surface area contributed by atoms with Crippen LogP contribution >= 0.6 is 0 Å². The van der Waals surface area contributed by atoms with Crippen molar-refractivity contribution in [2.45, 2.75) is 32.2 Å². The SMILES string of the molecule is CCOc1cc2c(cc1OCC)C1C(C(=O)N3CCN(c4ccccn4)CC3)c3ccccc3C(=O)N1CC2. The lowest BCUT2D eigenvalue weighted by atomic mass is 9.75. The molecule has 0 bridgehead atoms. The number of ether oxygens (including phenoxy) is 2. The number of benzene rings is 2. The largest absolute Gasteiger partial charge is 0.490 e. The molecule has 1 saturated heterocycles. The van der Waals surface area contributed by atoms with E-state index < -0.39 is 12.0 Å². The molecule has 2 atom stereocenters. The number of hydrogen-bond donors (Lipinski definition) is 0. The van der Waals surface area contributed by atoms with Gasteiger partial charge < -0.3 is 24.2 Å². The van der Waals surface area contributed by atoms with Gasteiger partial charge in [-0.25, -0.2) is 4.98 Å². The smallest absolute Gasteiger partial charge is 0.254 e. The lowest BCUT2D eigenvalue weighted by Gasteiger charge is -2.47. The van der Waals surface area contributed by atoms with Crippen molar-refractivity contribution in [1.29, 1.82) is 0 Å². The van der Waals surface area contributed by atoms with E-state index in [4.69, 9.17) is 9.47 Å². The molecule has 1 aromatic heterocycles. The summed E-state index contributed by atoms with van der Waals surface area (Å²) in [5.41, 5.74) is 3.51. The zero-order valence-electron chi connectivity index (χ0n) is 22.5. The maximum absolute atomic E-state index is 14.4. The highest BCUT2D eigenvalue weighted by molar-refractivity contribution is 6.01. The number of aromatic nitrogens is 1. The highest BCUT2D eigenvalue weighted by Gasteiger charge is 2.48. The topological polar surface area (TPSA) is 75.2 Å². The van der Waals surface area contributed by atoms with Crippen molar-refractivity contribution < 1.29 is 19.1 Å². The highest BCUT2D eigenvalue weighted by atomic mass is 16.5. The van der Waals surface area contributed by atoms with Crippen molar-refractivity contribution in [3.05, 3.63) is 83.0 Å². The fraction of sp³-hybridized carbons (Fsp3) is 0.387. The number of rotatable bonds is 6. The van der Waals surface area contributed by atoms with E-state index in [0.29, 0.717) is 69.4 Å². The molecule has 2 amide bonds. The lowest BCUT2D eigenvalue weighted by Crippen LogP contribution is -2.54. The Morgan fingerprint density at radius 2 is 1.62 bits per heavy atom. The molecule has 8 heteroatoms. The van der Waals surface area contributed by atoms with Gasteiger partial charge in [0.1, 0.15) is 5.82 Å². The third-order valence-electron chi connectivity index (χ3n) is 8.02. The molecule has 3 aliphatic heterocycles. The fourth-order valence-electron chi connectivity index (χ4n) is 6.23. The summed E-state index contributed by atoms with van der Waals surface area (Å²) in [6.07, 6.45) is 2.50. The first kappa shape index (κ1) is 25.2. The Hall–Kier alpha value is -4.07. The number of fused-ring (bicyclic) bond motifs is 4. The number of anilines is 1. The van der Waals surface area contributed by atoms with Crippen LogP contribution in [0.25, 0.3) is 0 Å². The van der Waals surface area contributed by atoms with E-state index in [1.807, 2.05) is 78.2 Å². The average Bonchev–Trinajstić information content (AvgIpc) is 2.98. The van der Waals surface area contributed by atoms with Gasteiger partial charge in [0, 0.05) is 44.5 Å². The first-order valence-electron chi connectivity index (χ1n) is 13.9. The standard InChI is InChI=1S/C31H34N4O4/c1-3-38-25-19-21-12-14-35-29(24(21)20-26(25)39-4-2)28(22-9-5-6-10-23(22)30(35)36)31(37)34-17-15-33(16-18-34)27-11-7-8-13-32-27/h5-11,13,19-20,28-29H,3-4,12,14-18H2,1-2H3. The van der Waals surface area contributed by atoms with E-state index in [-0.39, 0.29) is 11.8 Å². The van der Waals surface area contributed by atoms with Gasteiger partial charge in [0.05, 0.1) is 25.2 Å². The molecule has 0 N–H and O–H groups in total. The maximum atomic E-state index is 14.4. The number of amides is 2. The quantitative estimate of drug-likeness (QED) is 0.482. The summed E-state index contributed by atoms with van der Waals surface area (Å²) in [6.45, 7) is 8.13. The van der Waals surface area contributed by atoms with Crippen molar-refractivity contribution >= 4 is 17.6 Å². The first-order valence-corrected chi connectivity index (χ1v) is 13.9. The van der Waals surface area contributed by atoms with Crippen LogP contribution in [0.3, 0.4) is 0 Å². The first-order chi connectivity index (χ1) is 19.1. The summed E-state index contributed by atoms with van der Waals surface area (Å²) < 4.78 is 11.9. The minimum absolute atomic E-state index is 0.0166. The Morgan fingerprint density at radius 1 is 0.897 bits per heavy atom. The van der Waals surface area contributed by atoms with Crippen LogP contribution in [0.15, 0.2) is 60.8 Å². The van der Waals surface area contributed by atoms with Gasteiger partial charge in [0.25, 0.3) is 5.91 Å². The normalized spacial score (nSPS) is 20.2. The molecule has 0 aliphatic carbocycles.